The zero-order valence-electron chi connectivity index (χ0n) is 18.1. The first-order chi connectivity index (χ1) is 14.8. The third-order valence-electron chi connectivity index (χ3n) is 4.86. The van der Waals surface area contributed by atoms with Gasteiger partial charge < -0.3 is 20.7 Å². The first-order valence-corrected chi connectivity index (χ1v) is 10.1. The summed E-state index contributed by atoms with van der Waals surface area (Å²) in [5, 5.41) is 2.74. The van der Waals surface area contributed by atoms with Gasteiger partial charge in [0.2, 0.25) is 5.91 Å². The fourth-order valence-electron chi connectivity index (χ4n) is 3.02. The van der Waals surface area contributed by atoms with Gasteiger partial charge in [-0.15, -0.1) is 0 Å². The number of nitrogens with two attached hydrogens (primary N) is 1. The molecule has 0 saturated carbocycles. The molecule has 2 amide bonds. The van der Waals surface area contributed by atoms with Gasteiger partial charge in [-0.1, -0.05) is 13.3 Å². The monoisotopic (exact) mass is 431 g/mol. The average Bonchev–Trinajstić information content (AvgIpc) is 2.76. The number of nitrogen functional groups attached to an aromatic ring is 1. The van der Waals surface area contributed by atoms with Gasteiger partial charge in [-0.3, -0.25) is 23.9 Å². The summed E-state index contributed by atoms with van der Waals surface area (Å²) in [6.07, 6.45) is 2.02. The van der Waals surface area contributed by atoms with Crippen molar-refractivity contribution in [1.29, 1.82) is 0 Å². The molecule has 0 aliphatic rings. The molecule has 2 aromatic rings. The number of aromatic amines is 1. The number of methoxy groups -OCH3 is 1. The van der Waals surface area contributed by atoms with E-state index in [0.717, 1.165) is 11.3 Å². The molecule has 10 heteroatoms. The molecule has 0 aliphatic carbocycles. The molecule has 0 aliphatic heterocycles. The van der Waals surface area contributed by atoms with Crippen LogP contribution >= 0.6 is 0 Å². The molecule has 1 aromatic heterocycles. The Balaban J connectivity index is 1.95. The number of nitrogens with one attached hydrogen (secondary N) is 2. The summed E-state index contributed by atoms with van der Waals surface area (Å²) in [5.41, 5.74) is 5.15. The number of aromatic nitrogens is 2. The lowest BCUT2D eigenvalue weighted by molar-refractivity contribution is -0.118. The molecule has 168 valence electrons. The average molecular weight is 431 g/mol. The summed E-state index contributed by atoms with van der Waals surface area (Å²) in [5.74, 6) is 0.00932. The van der Waals surface area contributed by atoms with Crippen molar-refractivity contribution in [3.63, 3.8) is 0 Å². The molecule has 0 fully saturated rings. The van der Waals surface area contributed by atoms with Gasteiger partial charge in [0, 0.05) is 32.1 Å². The molecule has 4 N–H and O–H groups in total. The minimum absolute atomic E-state index is 0.0362. The minimum atomic E-state index is -0.709. The fraction of sp³-hybridized carbons (Fsp3) is 0.429. The van der Waals surface area contributed by atoms with E-state index < -0.39 is 11.2 Å². The van der Waals surface area contributed by atoms with Gasteiger partial charge in [-0.05, 0) is 37.1 Å². The quantitative estimate of drug-likeness (QED) is 0.481. The molecule has 0 spiro atoms. The van der Waals surface area contributed by atoms with Gasteiger partial charge in [0.25, 0.3) is 11.5 Å². The molecule has 0 atom stereocenters. The molecule has 2 rings (SSSR count). The molecule has 0 radical (unpaired) electrons. The van der Waals surface area contributed by atoms with Gasteiger partial charge in [0.15, 0.2) is 5.69 Å². The number of unbranched alkanes of at least 4 members (excludes halogenated alkanes) is 1. The predicted octanol–water partition coefficient (Wildman–Crippen LogP) is 1.10. The maximum absolute atomic E-state index is 12.5. The van der Waals surface area contributed by atoms with Crippen molar-refractivity contribution >= 4 is 23.3 Å². The van der Waals surface area contributed by atoms with Crippen molar-refractivity contribution in [2.45, 2.75) is 39.2 Å². The normalized spacial score (nSPS) is 10.5. The highest BCUT2D eigenvalue weighted by molar-refractivity contribution is 5.95. The number of carbonyl (C=O) groups is 2. The number of hydrogen-bond donors (Lipinski definition) is 3. The highest BCUT2D eigenvalue weighted by Gasteiger charge is 2.20. The fourth-order valence-corrected chi connectivity index (χ4v) is 3.02. The molecule has 0 saturated heterocycles. The summed E-state index contributed by atoms with van der Waals surface area (Å²) in [6.45, 7) is 2.60. The second-order valence-corrected chi connectivity index (χ2v) is 7.04. The zero-order valence-corrected chi connectivity index (χ0v) is 18.1. The molecule has 1 aromatic carbocycles. The summed E-state index contributed by atoms with van der Waals surface area (Å²) in [6, 6.07) is 6.68. The largest absolute Gasteiger partial charge is 0.497 e. The third-order valence-corrected chi connectivity index (χ3v) is 4.86. The number of ether oxygens (including phenoxy) is 1. The van der Waals surface area contributed by atoms with Gasteiger partial charge in [-0.2, -0.15) is 0 Å². The van der Waals surface area contributed by atoms with E-state index in [1.165, 1.54) is 11.6 Å². The summed E-state index contributed by atoms with van der Waals surface area (Å²) >= 11 is 0. The van der Waals surface area contributed by atoms with Crippen LogP contribution in [0.4, 0.5) is 11.5 Å². The van der Waals surface area contributed by atoms with Crippen molar-refractivity contribution in [3.05, 3.63) is 50.7 Å². The Labute approximate surface area is 180 Å². The van der Waals surface area contributed by atoms with Crippen molar-refractivity contribution in [2.24, 2.45) is 0 Å². The highest BCUT2D eigenvalue weighted by atomic mass is 16.5. The van der Waals surface area contributed by atoms with E-state index in [1.54, 1.807) is 31.4 Å². The number of hydrogen-bond acceptors (Lipinski definition) is 6. The molecular weight excluding hydrogens is 402 g/mol. The van der Waals surface area contributed by atoms with Crippen molar-refractivity contribution in [2.75, 3.05) is 31.3 Å². The third kappa shape index (κ3) is 5.97. The molecule has 1 heterocycles. The van der Waals surface area contributed by atoms with E-state index in [2.05, 4.69) is 10.3 Å². The number of nitrogens with zero attached hydrogens (tertiary/aromatic N) is 2. The lowest BCUT2D eigenvalue weighted by Gasteiger charge is -2.20. The standard InChI is InChI=1S/C21H29N5O5/c1-4-5-13-26-18(22)17(20(29)24-21(26)30)25(2)16(27)7-6-12-23-19(28)14-8-10-15(31-3)11-9-14/h8-11H,4-7,12-13,22H2,1-3H3,(H,23,28)(H,24,29,30). The first-order valence-electron chi connectivity index (χ1n) is 10.1. The maximum atomic E-state index is 12.5. The van der Waals surface area contributed by atoms with Crippen LogP contribution in [0.3, 0.4) is 0 Å². The zero-order chi connectivity index (χ0) is 23.0. The van der Waals surface area contributed by atoms with Crippen molar-refractivity contribution in [3.8, 4) is 5.75 Å². The number of anilines is 2. The second kappa shape index (κ2) is 11.0. The Bertz CT molecular complexity index is 1030. The molecule has 0 bridgehead atoms. The van der Waals surface area contributed by atoms with Gasteiger partial charge in [0.1, 0.15) is 11.6 Å². The highest BCUT2D eigenvalue weighted by Crippen LogP contribution is 2.17. The van der Waals surface area contributed by atoms with Crippen LogP contribution in [0, 0.1) is 0 Å². The van der Waals surface area contributed by atoms with Gasteiger partial charge >= 0.3 is 5.69 Å². The van der Waals surface area contributed by atoms with Crippen LogP contribution in [0.1, 0.15) is 43.0 Å². The lowest BCUT2D eigenvalue weighted by Crippen LogP contribution is -2.39. The summed E-state index contributed by atoms with van der Waals surface area (Å²) in [4.78, 5) is 52.3. The van der Waals surface area contributed by atoms with Gasteiger partial charge in [0.05, 0.1) is 7.11 Å². The Morgan fingerprint density at radius 2 is 1.87 bits per heavy atom. The van der Waals surface area contributed by atoms with Crippen LogP contribution < -0.4 is 31.9 Å². The Hall–Kier alpha value is -3.56. The Morgan fingerprint density at radius 1 is 1.19 bits per heavy atom. The topological polar surface area (TPSA) is 140 Å². The van der Waals surface area contributed by atoms with E-state index in [0.29, 0.717) is 30.7 Å². The van der Waals surface area contributed by atoms with E-state index in [1.807, 2.05) is 6.92 Å². The van der Waals surface area contributed by atoms with E-state index in [9.17, 15) is 19.2 Å². The van der Waals surface area contributed by atoms with E-state index in [4.69, 9.17) is 10.5 Å². The van der Waals surface area contributed by atoms with E-state index in [-0.39, 0.29) is 36.3 Å². The number of amides is 2. The summed E-state index contributed by atoms with van der Waals surface area (Å²) in [7, 11) is 2.98. The molecule has 10 nitrogen and oxygen atoms in total. The summed E-state index contributed by atoms with van der Waals surface area (Å²) < 4.78 is 6.32. The minimum Gasteiger partial charge on any atom is -0.497 e. The van der Waals surface area contributed by atoms with Crippen LogP contribution in [0.5, 0.6) is 5.75 Å². The predicted molar refractivity (Wildman–Crippen MR) is 119 cm³/mol. The maximum Gasteiger partial charge on any atom is 0.330 e. The van der Waals surface area contributed by atoms with E-state index >= 15 is 0 Å². The second-order valence-electron chi connectivity index (χ2n) is 7.04. The molecule has 0 unspecified atom stereocenters. The Morgan fingerprint density at radius 3 is 2.48 bits per heavy atom. The van der Waals surface area contributed by atoms with Gasteiger partial charge in [-0.25, -0.2) is 4.79 Å². The van der Waals surface area contributed by atoms with Crippen LogP contribution in [-0.4, -0.2) is 42.1 Å². The Kier molecular flexibility index (Phi) is 8.42. The molecule has 31 heavy (non-hydrogen) atoms. The van der Waals surface area contributed by atoms with Crippen LogP contribution in [0.15, 0.2) is 33.9 Å². The van der Waals surface area contributed by atoms with Crippen LogP contribution in [0.25, 0.3) is 0 Å². The lowest BCUT2D eigenvalue weighted by atomic mass is 10.2. The van der Waals surface area contributed by atoms with Crippen LogP contribution in [-0.2, 0) is 11.3 Å². The number of H-pyrrole nitrogens is 1. The SMILES string of the molecule is CCCCn1c(N)c(N(C)C(=O)CCCNC(=O)c2ccc(OC)cc2)c(=O)[nH]c1=O. The number of rotatable bonds is 10. The van der Waals surface area contributed by atoms with Crippen molar-refractivity contribution < 1.29 is 14.3 Å². The number of benzene rings is 1. The first kappa shape index (κ1) is 23.7. The van der Waals surface area contributed by atoms with Crippen LogP contribution in [0.2, 0.25) is 0 Å². The smallest absolute Gasteiger partial charge is 0.330 e. The molecular formula is C21H29N5O5. The van der Waals surface area contributed by atoms with Crippen molar-refractivity contribution in [1.82, 2.24) is 14.9 Å². The number of carbonyl (C=O) groups excluding carboxylic acids is 2.